The first-order valence-corrected chi connectivity index (χ1v) is 12.4. The van der Waals surface area contributed by atoms with E-state index in [4.69, 9.17) is 10.5 Å². The Morgan fingerprint density at radius 2 is 1.63 bits per heavy atom. The molecule has 10 heteroatoms. The van der Waals surface area contributed by atoms with Gasteiger partial charge >= 0.3 is 6.09 Å². The fourth-order valence-corrected chi connectivity index (χ4v) is 5.39. The summed E-state index contributed by atoms with van der Waals surface area (Å²) in [5, 5.41) is 15.9. The summed E-state index contributed by atoms with van der Waals surface area (Å²) in [5.41, 5.74) is 3.82. The van der Waals surface area contributed by atoms with E-state index in [-0.39, 0.29) is 29.1 Å². The minimum atomic E-state index is -1.49. The molecular weight excluding hydrogens is 452 g/mol. The van der Waals surface area contributed by atoms with E-state index in [1.165, 1.54) is 0 Å². The molecule has 2 unspecified atom stereocenters. The fourth-order valence-electron chi connectivity index (χ4n) is 5.39. The van der Waals surface area contributed by atoms with Crippen LogP contribution in [0.1, 0.15) is 68.2 Å². The van der Waals surface area contributed by atoms with Crippen molar-refractivity contribution in [3.05, 3.63) is 0 Å². The smallest absolute Gasteiger partial charge is 0.408 e. The number of aliphatic hydroxyl groups excluding tert-OH is 1. The van der Waals surface area contributed by atoms with Gasteiger partial charge in [0, 0.05) is 6.54 Å². The van der Waals surface area contributed by atoms with Crippen molar-refractivity contribution in [3.63, 3.8) is 0 Å². The second-order valence-electron chi connectivity index (χ2n) is 13.1. The Kier molecular flexibility index (Phi) is 6.96. The zero-order valence-corrected chi connectivity index (χ0v) is 22.2. The molecule has 6 atom stereocenters. The third-order valence-electron chi connectivity index (χ3n) is 7.60. The molecule has 198 valence electrons. The molecule has 3 fully saturated rings. The third-order valence-corrected chi connectivity index (χ3v) is 7.60. The van der Waals surface area contributed by atoms with Crippen molar-refractivity contribution in [2.75, 3.05) is 6.54 Å². The number of hydrogen-bond donors (Lipinski definition) is 4. The molecule has 1 aliphatic heterocycles. The predicted molar refractivity (Wildman–Crippen MR) is 129 cm³/mol. The summed E-state index contributed by atoms with van der Waals surface area (Å²) in [4.78, 5) is 53.1. The van der Waals surface area contributed by atoms with E-state index in [0.29, 0.717) is 6.54 Å². The Morgan fingerprint density at radius 3 is 2.09 bits per heavy atom. The van der Waals surface area contributed by atoms with Crippen LogP contribution in [0.4, 0.5) is 4.79 Å². The summed E-state index contributed by atoms with van der Waals surface area (Å²) in [7, 11) is 0. The van der Waals surface area contributed by atoms with Crippen LogP contribution in [0, 0.1) is 28.6 Å². The number of primary amides is 1. The molecule has 4 amide bonds. The van der Waals surface area contributed by atoms with Gasteiger partial charge in [-0.15, -0.1) is 0 Å². The summed E-state index contributed by atoms with van der Waals surface area (Å²) in [5.74, 6) is -1.58. The van der Waals surface area contributed by atoms with E-state index >= 15 is 0 Å². The zero-order valence-electron chi connectivity index (χ0n) is 22.2. The topological polar surface area (TPSA) is 151 Å². The van der Waals surface area contributed by atoms with Gasteiger partial charge in [-0.05, 0) is 62.2 Å². The summed E-state index contributed by atoms with van der Waals surface area (Å²) in [6.45, 7) is 15.3. The van der Waals surface area contributed by atoms with Crippen molar-refractivity contribution in [2.24, 2.45) is 34.3 Å². The second kappa shape index (κ2) is 8.94. The van der Waals surface area contributed by atoms with Crippen LogP contribution in [0.3, 0.4) is 0 Å². The SMILES string of the molecule is CC(C)(C)OC(=O)N[C@H](C(=O)N1C[C@H]2[C@@H]([C@H]1C(=O)NC(C1CC1)C(O)C(N)=O)C2(C)C)C(C)(C)C. The lowest BCUT2D eigenvalue weighted by molar-refractivity contribution is -0.145. The number of nitrogens with one attached hydrogen (secondary N) is 2. The second-order valence-corrected chi connectivity index (χ2v) is 13.1. The number of fused-ring (bicyclic) bond motifs is 1. The van der Waals surface area contributed by atoms with Crippen LogP contribution in [0.5, 0.6) is 0 Å². The van der Waals surface area contributed by atoms with Crippen LogP contribution >= 0.6 is 0 Å². The third kappa shape index (κ3) is 5.73. The average molecular weight is 495 g/mol. The van der Waals surface area contributed by atoms with Crippen molar-refractivity contribution in [1.29, 1.82) is 0 Å². The van der Waals surface area contributed by atoms with Crippen LogP contribution in [-0.2, 0) is 19.1 Å². The first-order valence-electron chi connectivity index (χ1n) is 12.4. The highest BCUT2D eigenvalue weighted by atomic mass is 16.6. The van der Waals surface area contributed by atoms with Crippen molar-refractivity contribution >= 4 is 23.8 Å². The average Bonchev–Trinajstić information content (AvgIpc) is 3.55. The number of aliphatic hydroxyl groups is 1. The van der Waals surface area contributed by atoms with Gasteiger partial charge in [0.15, 0.2) is 6.10 Å². The number of carbonyl (C=O) groups is 4. The maximum absolute atomic E-state index is 13.8. The molecule has 5 N–H and O–H groups in total. The highest BCUT2D eigenvalue weighted by Gasteiger charge is 2.70. The molecule has 0 aromatic heterocycles. The van der Waals surface area contributed by atoms with Gasteiger partial charge in [0.25, 0.3) is 0 Å². The maximum atomic E-state index is 13.8. The van der Waals surface area contributed by atoms with E-state index in [1.54, 1.807) is 25.7 Å². The highest BCUT2D eigenvalue weighted by molar-refractivity contribution is 5.94. The number of nitrogens with zero attached hydrogens (tertiary/aromatic N) is 1. The minimum absolute atomic E-state index is 0.0221. The number of piperidine rings is 1. The Hall–Kier alpha value is -2.36. The lowest BCUT2D eigenvalue weighted by Gasteiger charge is -2.38. The first-order chi connectivity index (χ1) is 15.9. The molecule has 0 aromatic carbocycles. The Morgan fingerprint density at radius 1 is 1.06 bits per heavy atom. The predicted octanol–water partition coefficient (Wildman–Crippen LogP) is 1.15. The number of amides is 4. The molecule has 3 aliphatic rings. The van der Waals surface area contributed by atoms with Crippen LogP contribution in [-0.4, -0.2) is 70.2 Å². The maximum Gasteiger partial charge on any atom is 0.408 e. The molecular formula is C25H42N4O6. The number of ether oxygens (including phenoxy) is 1. The van der Waals surface area contributed by atoms with Crippen LogP contribution in [0.25, 0.3) is 0 Å². The molecule has 1 heterocycles. The number of nitrogens with two attached hydrogens (primary N) is 1. The van der Waals surface area contributed by atoms with E-state index in [0.717, 1.165) is 12.8 Å². The molecule has 10 nitrogen and oxygen atoms in total. The summed E-state index contributed by atoms with van der Waals surface area (Å²) < 4.78 is 5.38. The summed E-state index contributed by atoms with van der Waals surface area (Å²) in [6.07, 6.45) is -0.621. The number of rotatable bonds is 7. The number of alkyl carbamates (subject to hydrolysis) is 1. The Labute approximate surface area is 207 Å². The minimum Gasteiger partial charge on any atom is -0.444 e. The van der Waals surface area contributed by atoms with Gasteiger partial charge in [-0.1, -0.05) is 34.6 Å². The van der Waals surface area contributed by atoms with E-state index in [1.807, 2.05) is 20.8 Å². The van der Waals surface area contributed by atoms with Gasteiger partial charge in [-0.2, -0.15) is 0 Å². The van der Waals surface area contributed by atoms with E-state index in [9.17, 15) is 24.3 Å². The molecule has 0 radical (unpaired) electrons. The van der Waals surface area contributed by atoms with Crippen LogP contribution in [0.15, 0.2) is 0 Å². The molecule has 0 aromatic rings. The lowest BCUT2D eigenvalue weighted by Crippen LogP contribution is -2.61. The highest BCUT2D eigenvalue weighted by Crippen LogP contribution is 2.65. The molecule has 2 saturated carbocycles. The lowest BCUT2D eigenvalue weighted by atomic mass is 9.85. The zero-order chi connectivity index (χ0) is 26.7. The van der Waals surface area contributed by atoms with Gasteiger partial charge in [-0.25, -0.2) is 4.79 Å². The van der Waals surface area contributed by atoms with Crippen LogP contribution in [0.2, 0.25) is 0 Å². The van der Waals surface area contributed by atoms with Gasteiger partial charge in [0.05, 0.1) is 6.04 Å². The van der Waals surface area contributed by atoms with Gasteiger partial charge in [-0.3, -0.25) is 14.4 Å². The normalized spacial score (nSPS) is 27.8. The summed E-state index contributed by atoms with van der Waals surface area (Å²) in [6, 6.07) is -2.46. The largest absolute Gasteiger partial charge is 0.444 e. The molecule has 0 spiro atoms. The Balaban J connectivity index is 1.83. The van der Waals surface area contributed by atoms with Gasteiger partial charge in [0.1, 0.15) is 17.7 Å². The van der Waals surface area contributed by atoms with Crippen molar-refractivity contribution < 1.29 is 29.0 Å². The van der Waals surface area contributed by atoms with Gasteiger partial charge < -0.3 is 31.1 Å². The summed E-state index contributed by atoms with van der Waals surface area (Å²) >= 11 is 0. The molecule has 3 rings (SSSR count). The van der Waals surface area contributed by atoms with Crippen molar-refractivity contribution in [3.8, 4) is 0 Å². The molecule has 35 heavy (non-hydrogen) atoms. The van der Waals surface area contributed by atoms with Crippen molar-refractivity contribution in [2.45, 2.75) is 98.1 Å². The van der Waals surface area contributed by atoms with E-state index < -0.39 is 53.2 Å². The standard InChI is InChI=1S/C25H42N4O6/c1-23(2,3)18(28-22(34)35-24(4,5)6)21(33)29-11-13-14(25(13,7)8)16(29)20(32)27-15(12-9-10-12)17(30)19(26)31/h12-18,30H,9-11H2,1-8H3,(H2,26,31)(H,27,32)(H,28,34)/t13-,14-,15?,16-,17?,18+/m0/s1. The quantitative estimate of drug-likeness (QED) is 0.417. The monoisotopic (exact) mass is 494 g/mol. The van der Waals surface area contributed by atoms with Crippen LogP contribution < -0.4 is 16.4 Å². The van der Waals surface area contributed by atoms with Crippen molar-refractivity contribution in [1.82, 2.24) is 15.5 Å². The fraction of sp³-hybridized carbons (Fsp3) is 0.840. The first kappa shape index (κ1) is 27.2. The molecule has 1 saturated heterocycles. The Bertz CT molecular complexity index is 885. The molecule has 0 bridgehead atoms. The van der Waals surface area contributed by atoms with Gasteiger partial charge in [0.2, 0.25) is 17.7 Å². The van der Waals surface area contributed by atoms with E-state index in [2.05, 4.69) is 24.5 Å². The number of likely N-dealkylation sites (tertiary alicyclic amines) is 1. The number of carbonyl (C=O) groups excluding carboxylic acids is 4. The molecule has 2 aliphatic carbocycles. The number of hydrogen-bond acceptors (Lipinski definition) is 6.